The molecule has 0 aliphatic rings. The van der Waals surface area contributed by atoms with E-state index in [0.717, 1.165) is 22.4 Å². The summed E-state index contributed by atoms with van der Waals surface area (Å²) >= 11 is 0. The van der Waals surface area contributed by atoms with Gasteiger partial charge in [-0.2, -0.15) is 0 Å². The van der Waals surface area contributed by atoms with Crippen LogP contribution in [0.15, 0.2) is 48.5 Å². The van der Waals surface area contributed by atoms with Crippen LogP contribution in [0.2, 0.25) is 0 Å². The van der Waals surface area contributed by atoms with Gasteiger partial charge in [0.25, 0.3) is 0 Å². The summed E-state index contributed by atoms with van der Waals surface area (Å²) in [4.78, 5) is 11.7. The summed E-state index contributed by atoms with van der Waals surface area (Å²) in [6, 6.07) is 15.1. The van der Waals surface area contributed by atoms with Crippen molar-refractivity contribution in [2.45, 2.75) is 19.9 Å². The number of nitrogens with two attached hydrogens (primary N) is 1. The van der Waals surface area contributed by atoms with E-state index >= 15 is 0 Å². The molecule has 19 heavy (non-hydrogen) atoms. The fourth-order valence-electron chi connectivity index (χ4n) is 2.11. The van der Waals surface area contributed by atoms with Crippen LogP contribution in [0.5, 0.6) is 0 Å². The number of carbonyl (C=O) groups excluding carboxylic acids is 1. The second-order valence-electron chi connectivity index (χ2n) is 4.71. The van der Waals surface area contributed by atoms with E-state index in [4.69, 9.17) is 5.73 Å². The van der Waals surface area contributed by atoms with Crippen molar-refractivity contribution in [3.8, 4) is 0 Å². The van der Waals surface area contributed by atoms with Crippen LogP contribution in [0.25, 0.3) is 0 Å². The summed E-state index contributed by atoms with van der Waals surface area (Å²) in [6.45, 7) is 3.99. The number of carbonyl (C=O) groups is 1. The topological polar surface area (TPSA) is 55.1 Å². The average Bonchev–Trinajstić information content (AvgIpc) is 2.37. The maximum Gasteiger partial charge on any atom is 0.244 e. The number of aryl methyl sites for hydroxylation is 2. The minimum absolute atomic E-state index is 0.379. The van der Waals surface area contributed by atoms with Crippen LogP contribution >= 0.6 is 0 Å². The maximum atomic E-state index is 11.7. The first kappa shape index (κ1) is 13.1. The molecule has 0 aromatic heterocycles. The van der Waals surface area contributed by atoms with Crippen LogP contribution in [0, 0.1) is 13.8 Å². The first-order valence-corrected chi connectivity index (χ1v) is 6.26. The highest BCUT2D eigenvalue weighted by molar-refractivity contribution is 5.85. The number of primary amides is 1. The lowest BCUT2D eigenvalue weighted by atomic mass is 10.0. The Morgan fingerprint density at radius 1 is 1.11 bits per heavy atom. The van der Waals surface area contributed by atoms with Crippen molar-refractivity contribution < 1.29 is 4.79 Å². The van der Waals surface area contributed by atoms with E-state index in [2.05, 4.69) is 5.32 Å². The van der Waals surface area contributed by atoms with Gasteiger partial charge in [0.1, 0.15) is 6.04 Å². The van der Waals surface area contributed by atoms with Gasteiger partial charge < -0.3 is 11.1 Å². The number of anilines is 1. The molecule has 3 nitrogen and oxygen atoms in total. The molecule has 0 saturated carbocycles. The molecule has 0 spiro atoms. The minimum atomic E-state index is -0.511. The molecular weight excluding hydrogens is 236 g/mol. The largest absolute Gasteiger partial charge is 0.370 e. The van der Waals surface area contributed by atoms with Gasteiger partial charge in [0.05, 0.1) is 0 Å². The molecule has 3 N–H and O–H groups in total. The first-order valence-electron chi connectivity index (χ1n) is 6.26. The van der Waals surface area contributed by atoms with Crippen LogP contribution in [-0.2, 0) is 4.79 Å². The zero-order chi connectivity index (χ0) is 13.8. The van der Waals surface area contributed by atoms with Gasteiger partial charge in [-0.25, -0.2) is 0 Å². The predicted octanol–water partition coefficient (Wildman–Crippen LogP) is 2.94. The lowest BCUT2D eigenvalue weighted by Crippen LogP contribution is -2.28. The predicted molar refractivity (Wildman–Crippen MR) is 77.9 cm³/mol. The van der Waals surface area contributed by atoms with Gasteiger partial charge in [-0.05, 0) is 42.7 Å². The summed E-state index contributed by atoms with van der Waals surface area (Å²) in [5.74, 6) is -0.379. The van der Waals surface area contributed by atoms with Gasteiger partial charge in [-0.3, -0.25) is 4.79 Å². The van der Waals surface area contributed by atoms with E-state index in [1.165, 1.54) is 0 Å². The van der Waals surface area contributed by atoms with Gasteiger partial charge >= 0.3 is 0 Å². The minimum Gasteiger partial charge on any atom is -0.370 e. The molecule has 2 aromatic carbocycles. The zero-order valence-electron chi connectivity index (χ0n) is 11.2. The fourth-order valence-corrected chi connectivity index (χ4v) is 2.11. The lowest BCUT2D eigenvalue weighted by molar-refractivity contribution is -0.118. The second kappa shape index (κ2) is 5.57. The number of rotatable bonds is 4. The molecule has 1 atom stereocenters. The van der Waals surface area contributed by atoms with E-state index < -0.39 is 6.04 Å². The number of benzene rings is 2. The summed E-state index contributed by atoms with van der Waals surface area (Å²) in [7, 11) is 0. The molecule has 0 radical (unpaired) electrons. The van der Waals surface area contributed by atoms with Crippen LogP contribution in [0.4, 0.5) is 5.69 Å². The normalized spacial score (nSPS) is 11.9. The lowest BCUT2D eigenvalue weighted by Gasteiger charge is -2.19. The zero-order valence-corrected chi connectivity index (χ0v) is 11.2. The van der Waals surface area contributed by atoms with Crippen LogP contribution in [0.1, 0.15) is 22.7 Å². The van der Waals surface area contributed by atoms with Crippen LogP contribution in [0.3, 0.4) is 0 Å². The van der Waals surface area contributed by atoms with Crippen molar-refractivity contribution in [1.82, 2.24) is 0 Å². The van der Waals surface area contributed by atoms with Gasteiger partial charge in [-0.15, -0.1) is 0 Å². The maximum absolute atomic E-state index is 11.7. The van der Waals surface area contributed by atoms with Gasteiger partial charge in [-0.1, -0.05) is 36.4 Å². The molecule has 3 heteroatoms. The molecule has 0 saturated heterocycles. The molecular formula is C16H18N2O. The van der Waals surface area contributed by atoms with E-state index in [1.807, 2.05) is 62.4 Å². The van der Waals surface area contributed by atoms with E-state index in [0.29, 0.717) is 0 Å². The molecule has 1 amide bonds. The quantitative estimate of drug-likeness (QED) is 0.881. The smallest absolute Gasteiger partial charge is 0.244 e. The highest BCUT2D eigenvalue weighted by Crippen LogP contribution is 2.22. The Morgan fingerprint density at radius 2 is 1.84 bits per heavy atom. The highest BCUT2D eigenvalue weighted by atomic mass is 16.1. The highest BCUT2D eigenvalue weighted by Gasteiger charge is 2.19. The monoisotopic (exact) mass is 254 g/mol. The summed E-state index contributed by atoms with van der Waals surface area (Å²) in [5.41, 5.74) is 9.52. The molecule has 1 unspecified atom stereocenters. The Hall–Kier alpha value is -2.29. The summed E-state index contributed by atoms with van der Waals surface area (Å²) < 4.78 is 0. The molecule has 0 aliphatic carbocycles. The molecule has 98 valence electrons. The van der Waals surface area contributed by atoms with Crippen molar-refractivity contribution in [1.29, 1.82) is 0 Å². The van der Waals surface area contributed by atoms with E-state index in [-0.39, 0.29) is 5.91 Å². The third-order valence-electron chi connectivity index (χ3n) is 3.11. The molecule has 0 fully saturated rings. The fraction of sp³-hybridized carbons (Fsp3) is 0.188. The standard InChI is InChI=1S/C16H18N2O/c1-11-6-5-8-13(10-11)18-15(16(17)19)14-9-4-3-7-12(14)2/h3-10,15,18H,1-2H3,(H2,17,19). The molecule has 0 bridgehead atoms. The summed E-state index contributed by atoms with van der Waals surface area (Å²) in [5, 5.41) is 3.20. The Bertz CT molecular complexity index is 593. The van der Waals surface area contributed by atoms with Crippen LogP contribution < -0.4 is 11.1 Å². The van der Waals surface area contributed by atoms with Gasteiger partial charge in [0.2, 0.25) is 5.91 Å². The second-order valence-corrected chi connectivity index (χ2v) is 4.71. The SMILES string of the molecule is Cc1cccc(NC(C(N)=O)c2ccccc2C)c1. The molecule has 2 rings (SSSR count). The third-order valence-corrected chi connectivity index (χ3v) is 3.11. The number of hydrogen-bond acceptors (Lipinski definition) is 2. The molecule has 2 aromatic rings. The van der Waals surface area contributed by atoms with Crippen molar-refractivity contribution in [2.24, 2.45) is 5.73 Å². The average molecular weight is 254 g/mol. The van der Waals surface area contributed by atoms with E-state index in [9.17, 15) is 4.79 Å². The van der Waals surface area contributed by atoms with E-state index in [1.54, 1.807) is 0 Å². The van der Waals surface area contributed by atoms with Crippen molar-refractivity contribution in [3.63, 3.8) is 0 Å². The van der Waals surface area contributed by atoms with Crippen LogP contribution in [-0.4, -0.2) is 5.91 Å². The van der Waals surface area contributed by atoms with Crippen molar-refractivity contribution in [3.05, 3.63) is 65.2 Å². The summed E-state index contributed by atoms with van der Waals surface area (Å²) in [6.07, 6.45) is 0. The molecule has 0 heterocycles. The van der Waals surface area contributed by atoms with Gasteiger partial charge in [0.15, 0.2) is 0 Å². The Morgan fingerprint density at radius 3 is 2.47 bits per heavy atom. The third kappa shape index (κ3) is 3.13. The van der Waals surface area contributed by atoms with Crippen molar-refractivity contribution in [2.75, 3.05) is 5.32 Å². The Labute approximate surface area is 113 Å². The molecule has 0 aliphatic heterocycles. The Balaban J connectivity index is 2.32. The number of hydrogen-bond donors (Lipinski definition) is 2. The van der Waals surface area contributed by atoms with Gasteiger partial charge in [0, 0.05) is 5.69 Å². The Kier molecular flexibility index (Phi) is 3.85. The number of amides is 1. The number of nitrogens with one attached hydrogen (secondary N) is 1. The first-order chi connectivity index (χ1) is 9.08. The van der Waals surface area contributed by atoms with Crippen molar-refractivity contribution >= 4 is 11.6 Å².